The lowest BCUT2D eigenvalue weighted by atomic mass is 10.2. The zero-order valence-corrected chi connectivity index (χ0v) is 7.67. The van der Waals surface area contributed by atoms with Crippen molar-refractivity contribution in [2.24, 2.45) is 0 Å². The standard InChI is InChI=1S/C9H13FN2O/c1-5(2)13-8-4-6(11)3-7(10)9(8)12/h3-5H,11-12H2,1-2H3. The fourth-order valence-corrected chi connectivity index (χ4v) is 0.964. The Hall–Kier alpha value is -1.45. The number of rotatable bonds is 2. The van der Waals surface area contributed by atoms with Crippen molar-refractivity contribution in [2.45, 2.75) is 20.0 Å². The zero-order valence-electron chi connectivity index (χ0n) is 7.67. The molecule has 0 aliphatic heterocycles. The van der Waals surface area contributed by atoms with Crippen molar-refractivity contribution < 1.29 is 9.13 Å². The van der Waals surface area contributed by atoms with Crippen LogP contribution in [0.15, 0.2) is 12.1 Å². The summed E-state index contributed by atoms with van der Waals surface area (Å²) in [6.07, 6.45) is -0.0523. The molecule has 1 aromatic rings. The maximum atomic E-state index is 13.0. The maximum absolute atomic E-state index is 13.0. The third-order valence-corrected chi connectivity index (χ3v) is 1.48. The Bertz CT molecular complexity index is 313. The molecule has 0 amide bonds. The molecule has 0 radical (unpaired) electrons. The van der Waals surface area contributed by atoms with Crippen molar-refractivity contribution in [3.8, 4) is 5.75 Å². The van der Waals surface area contributed by atoms with Gasteiger partial charge in [-0.15, -0.1) is 0 Å². The van der Waals surface area contributed by atoms with Gasteiger partial charge >= 0.3 is 0 Å². The molecule has 0 saturated heterocycles. The van der Waals surface area contributed by atoms with Gasteiger partial charge in [0.25, 0.3) is 0 Å². The lowest BCUT2D eigenvalue weighted by molar-refractivity contribution is 0.243. The molecule has 4 N–H and O–H groups in total. The topological polar surface area (TPSA) is 61.3 Å². The van der Waals surface area contributed by atoms with E-state index in [1.165, 1.54) is 12.1 Å². The van der Waals surface area contributed by atoms with E-state index >= 15 is 0 Å². The van der Waals surface area contributed by atoms with E-state index in [0.29, 0.717) is 11.4 Å². The summed E-state index contributed by atoms with van der Waals surface area (Å²) in [6.45, 7) is 3.67. The summed E-state index contributed by atoms with van der Waals surface area (Å²) in [7, 11) is 0. The van der Waals surface area contributed by atoms with E-state index < -0.39 is 5.82 Å². The van der Waals surface area contributed by atoms with E-state index in [1.807, 2.05) is 13.8 Å². The highest BCUT2D eigenvalue weighted by Gasteiger charge is 2.08. The monoisotopic (exact) mass is 184 g/mol. The van der Waals surface area contributed by atoms with Crippen LogP contribution in [0.2, 0.25) is 0 Å². The summed E-state index contributed by atoms with van der Waals surface area (Å²) in [6, 6.07) is 2.68. The molecule has 4 heteroatoms. The predicted molar refractivity (Wildman–Crippen MR) is 51.0 cm³/mol. The van der Waals surface area contributed by atoms with E-state index in [1.54, 1.807) is 0 Å². The van der Waals surface area contributed by atoms with Crippen molar-refractivity contribution in [1.29, 1.82) is 0 Å². The van der Waals surface area contributed by atoms with Crippen LogP contribution in [-0.4, -0.2) is 6.10 Å². The molecule has 0 spiro atoms. The number of anilines is 2. The van der Waals surface area contributed by atoms with Gasteiger partial charge in [0.05, 0.1) is 6.10 Å². The molecular formula is C9H13FN2O. The number of benzene rings is 1. The lowest BCUT2D eigenvalue weighted by Gasteiger charge is -2.12. The first-order chi connectivity index (χ1) is 6.00. The number of nitrogens with two attached hydrogens (primary N) is 2. The number of ether oxygens (including phenoxy) is 1. The predicted octanol–water partition coefficient (Wildman–Crippen LogP) is 1.78. The van der Waals surface area contributed by atoms with Crippen LogP contribution in [0.5, 0.6) is 5.75 Å². The Morgan fingerprint density at radius 2 is 1.92 bits per heavy atom. The minimum atomic E-state index is -0.546. The quantitative estimate of drug-likeness (QED) is 0.688. The van der Waals surface area contributed by atoms with Gasteiger partial charge in [-0.2, -0.15) is 0 Å². The summed E-state index contributed by atoms with van der Waals surface area (Å²) in [5.74, 6) is -0.247. The minimum absolute atomic E-state index is 0.00269. The first kappa shape index (κ1) is 9.64. The Labute approximate surface area is 76.5 Å². The van der Waals surface area contributed by atoms with Crippen molar-refractivity contribution in [3.63, 3.8) is 0 Å². The average molecular weight is 184 g/mol. The molecule has 0 aliphatic rings. The molecule has 1 rings (SSSR count). The first-order valence-electron chi connectivity index (χ1n) is 4.02. The molecular weight excluding hydrogens is 171 g/mol. The number of hydrogen-bond acceptors (Lipinski definition) is 3. The van der Waals surface area contributed by atoms with Crippen LogP contribution in [0.4, 0.5) is 15.8 Å². The summed E-state index contributed by atoms with van der Waals surface area (Å²) in [4.78, 5) is 0. The molecule has 0 aliphatic carbocycles. The van der Waals surface area contributed by atoms with E-state index in [4.69, 9.17) is 16.2 Å². The summed E-state index contributed by atoms with van der Waals surface area (Å²) in [5.41, 5.74) is 11.2. The van der Waals surface area contributed by atoms with Gasteiger partial charge in [0.1, 0.15) is 11.4 Å². The Kier molecular flexibility index (Phi) is 2.60. The third-order valence-electron chi connectivity index (χ3n) is 1.48. The van der Waals surface area contributed by atoms with Crippen LogP contribution < -0.4 is 16.2 Å². The molecule has 72 valence electrons. The van der Waals surface area contributed by atoms with Crippen LogP contribution in [0, 0.1) is 5.82 Å². The van der Waals surface area contributed by atoms with Crippen LogP contribution in [0.25, 0.3) is 0 Å². The fourth-order valence-electron chi connectivity index (χ4n) is 0.964. The molecule has 0 fully saturated rings. The summed E-state index contributed by atoms with van der Waals surface area (Å²) >= 11 is 0. The van der Waals surface area contributed by atoms with Crippen LogP contribution in [0.3, 0.4) is 0 Å². The van der Waals surface area contributed by atoms with E-state index in [2.05, 4.69) is 0 Å². The second-order valence-corrected chi connectivity index (χ2v) is 3.08. The van der Waals surface area contributed by atoms with Crippen molar-refractivity contribution in [1.82, 2.24) is 0 Å². The van der Waals surface area contributed by atoms with Crippen molar-refractivity contribution in [3.05, 3.63) is 17.9 Å². The molecule has 3 nitrogen and oxygen atoms in total. The van der Waals surface area contributed by atoms with Gasteiger partial charge in [0, 0.05) is 11.8 Å². The van der Waals surface area contributed by atoms with Crippen LogP contribution in [0.1, 0.15) is 13.8 Å². The van der Waals surface area contributed by atoms with Gasteiger partial charge in [-0.25, -0.2) is 4.39 Å². The molecule has 0 unspecified atom stereocenters. The van der Waals surface area contributed by atoms with Gasteiger partial charge in [-0.3, -0.25) is 0 Å². The highest BCUT2D eigenvalue weighted by atomic mass is 19.1. The highest BCUT2D eigenvalue weighted by molar-refractivity contribution is 5.60. The van der Waals surface area contributed by atoms with Gasteiger partial charge in [0.2, 0.25) is 0 Å². The molecule has 0 aromatic heterocycles. The molecule has 0 atom stereocenters. The van der Waals surface area contributed by atoms with Crippen molar-refractivity contribution in [2.75, 3.05) is 11.5 Å². The average Bonchev–Trinajstić information content (AvgIpc) is 1.98. The number of hydrogen-bond donors (Lipinski definition) is 2. The van der Waals surface area contributed by atoms with E-state index in [-0.39, 0.29) is 11.8 Å². The van der Waals surface area contributed by atoms with Gasteiger partial charge in [0.15, 0.2) is 5.82 Å². The molecule has 13 heavy (non-hydrogen) atoms. The molecule has 1 aromatic carbocycles. The van der Waals surface area contributed by atoms with Crippen LogP contribution >= 0.6 is 0 Å². The SMILES string of the molecule is CC(C)Oc1cc(N)cc(F)c1N. The first-order valence-corrected chi connectivity index (χ1v) is 4.02. The van der Waals surface area contributed by atoms with Crippen LogP contribution in [-0.2, 0) is 0 Å². The van der Waals surface area contributed by atoms with Gasteiger partial charge in [-0.1, -0.05) is 0 Å². The second-order valence-electron chi connectivity index (χ2n) is 3.08. The maximum Gasteiger partial charge on any atom is 0.151 e. The Morgan fingerprint density at radius 3 is 2.46 bits per heavy atom. The lowest BCUT2D eigenvalue weighted by Crippen LogP contribution is -2.08. The third kappa shape index (κ3) is 2.24. The molecule has 0 saturated carbocycles. The molecule has 0 heterocycles. The van der Waals surface area contributed by atoms with Crippen molar-refractivity contribution >= 4 is 11.4 Å². The fraction of sp³-hybridized carbons (Fsp3) is 0.333. The normalized spacial score (nSPS) is 10.5. The largest absolute Gasteiger partial charge is 0.489 e. The van der Waals surface area contributed by atoms with Gasteiger partial charge in [-0.05, 0) is 19.9 Å². The highest BCUT2D eigenvalue weighted by Crippen LogP contribution is 2.28. The Morgan fingerprint density at radius 1 is 1.31 bits per heavy atom. The summed E-state index contributed by atoms with van der Waals surface area (Å²) in [5, 5.41) is 0. The number of nitrogen functional groups attached to an aromatic ring is 2. The smallest absolute Gasteiger partial charge is 0.151 e. The van der Waals surface area contributed by atoms with E-state index in [0.717, 1.165) is 0 Å². The Balaban J connectivity index is 3.05. The zero-order chi connectivity index (χ0) is 10.0. The minimum Gasteiger partial charge on any atom is -0.489 e. The van der Waals surface area contributed by atoms with E-state index in [9.17, 15) is 4.39 Å². The van der Waals surface area contributed by atoms with Gasteiger partial charge < -0.3 is 16.2 Å². The number of halogens is 1. The summed E-state index contributed by atoms with van der Waals surface area (Å²) < 4.78 is 18.3. The molecule has 0 bridgehead atoms. The second kappa shape index (κ2) is 3.51.